The minimum absolute atomic E-state index is 0.000202. The Morgan fingerprint density at radius 1 is 1.21 bits per heavy atom. The summed E-state index contributed by atoms with van der Waals surface area (Å²) in [5, 5.41) is 10.7. The minimum Gasteiger partial charge on any atom is -0.326 e. The SMILES string of the molecule is O=C(Nc1ccc(-c2ccn[nH]2)cc1)C1CCCN(Cc2cccc(Cl)c2)C1. The molecule has 2 N–H and O–H groups in total. The number of likely N-dealkylation sites (tertiary alicyclic amines) is 1. The van der Waals surface area contributed by atoms with Crippen molar-refractivity contribution in [1.29, 1.82) is 0 Å². The van der Waals surface area contributed by atoms with Crippen molar-refractivity contribution in [3.63, 3.8) is 0 Å². The van der Waals surface area contributed by atoms with E-state index in [1.54, 1.807) is 6.20 Å². The van der Waals surface area contributed by atoms with Crippen LogP contribution in [0.1, 0.15) is 18.4 Å². The molecule has 1 aromatic heterocycles. The Hall–Kier alpha value is -2.63. The number of aromatic nitrogens is 2. The molecule has 1 unspecified atom stereocenters. The molecule has 0 saturated carbocycles. The van der Waals surface area contributed by atoms with Crippen molar-refractivity contribution in [2.75, 3.05) is 18.4 Å². The molecule has 1 fully saturated rings. The monoisotopic (exact) mass is 394 g/mol. The Kier molecular flexibility index (Phi) is 5.74. The van der Waals surface area contributed by atoms with Crippen molar-refractivity contribution in [3.8, 4) is 11.3 Å². The van der Waals surface area contributed by atoms with Gasteiger partial charge in [0.1, 0.15) is 0 Å². The molecule has 0 radical (unpaired) electrons. The fourth-order valence-corrected chi connectivity index (χ4v) is 3.91. The minimum atomic E-state index is 0.000202. The number of halogens is 1. The van der Waals surface area contributed by atoms with E-state index in [2.05, 4.69) is 26.5 Å². The van der Waals surface area contributed by atoms with Gasteiger partial charge in [-0.2, -0.15) is 5.10 Å². The number of nitrogens with one attached hydrogen (secondary N) is 2. The highest BCUT2D eigenvalue weighted by Gasteiger charge is 2.25. The Labute approximate surface area is 169 Å². The van der Waals surface area contributed by atoms with E-state index in [0.717, 1.165) is 54.4 Å². The number of nitrogens with zero attached hydrogens (tertiary/aromatic N) is 2. The van der Waals surface area contributed by atoms with Gasteiger partial charge in [-0.05, 0) is 60.8 Å². The molecule has 0 spiro atoms. The molecule has 1 saturated heterocycles. The number of anilines is 1. The first-order chi connectivity index (χ1) is 13.7. The highest BCUT2D eigenvalue weighted by Crippen LogP contribution is 2.23. The second kappa shape index (κ2) is 8.59. The topological polar surface area (TPSA) is 61.0 Å². The summed E-state index contributed by atoms with van der Waals surface area (Å²) in [5.74, 6) is 0.0882. The first-order valence-electron chi connectivity index (χ1n) is 9.55. The zero-order valence-electron chi connectivity index (χ0n) is 15.6. The molecule has 0 aliphatic carbocycles. The van der Waals surface area contributed by atoms with Gasteiger partial charge in [-0.15, -0.1) is 0 Å². The van der Waals surface area contributed by atoms with Crippen molar-refractivity contribution in [2.45, 2.75) is 19.4 Å². The van der Waals surface area contributed by atoms with Crippen LogP contribution in [0.4, 0.5) is 5.69 Å². The van der Waals surface area contributed by atoms with Crippen LogP contribution in [0.25, 0.3) is 11.3 Å². The van der Waals surface area contributed by atoms with Gasteiger partial charge in [0.2, 0.25) is 5.91 Å². The van der Waals surface area contributed by atoms with E-state index in [1.165, 1.54) is 5.56 Å². The van der Waals surface area contributed by atoms with Gasteiger partial charge < -0.3 is 5.32 Å². The first kappa shape index (κ1) is 18.7. The zero-order chi connectivity index (χ0) is 19.3. The summed E-state index contributed by atoms with van der Waals surface area (Å²) in [6.45, 7) is 2.60. The van der Waals surface area contributed by atoms with Crippen LogP contribution in [-0.2, 0) is 11.3 Å². The van der Waals surface area contributed by atoms with Crippen LogP contribution < -0.4 is 5.32 Å². The number of carbonyl (C=O) groups excluding carboxylic acids is 1. The number of piperidine rings is 1. The van der Waals surface area contributed by atoms with Gasteiger partial charge in [0.15, 0.2) is 0 Å². The molecular formula is C22H23ClN4O. The van der Waals surface area contributed by atoms with Crippen LogP contribution in [0.15, 0.2) is 60.8 Å². The quantitative estimate of drug-likeness (QED) is 0.665. The highest BCUT2D eigenvalue weighted by molar-refractivity contribution is 6.30. The summed E-state index contributed by atoms with van der Waals surface area (Å²) >= 11 is 6.09. The third kappa shape index (κ3) is 4.61. The average molecular weight is 395 g/mol. The second-order valence-electron chi connectivity index (χ2n) is 7.24. The summed E-state index contributed by atoms with van der Waals surface area (Å²) in [5.41, 5.74) is 4.01. The second-order valence-corrected chi connectivity index (χ2v) is 7.68. The van der Waals surface area contributed by atoms with Gasteiger partial charge >= 0.3 is 0 Å². The molecule has 1 aliphatic heterocycles. The van der Waals surface area contributed by atoms with Crippen molar-refractivity contribution in [1.82, 2.24) is 15.1 Å². The molecular weight excluding hydrogens is 372 g/mol. The Morgan fingerprint density at radius 2 is 2.07 bits per heavy atom. The van der Waals surface area contributed by atoms with Crippen LogP contribution in [0.3, 0.4) is 0 Å². The third-order valence-electron chi connectivity index (χ3n) is 5.14. The van der Waals surface area contributed by atoms with Crippen LogP contribution in [-0.4, -0.2) is 34.1 Å². The van der Waals surface area contributed by atoms with Gasteiger partial charge in [0, 0.05) is 30.0 Å². The van der Waals surface area contributed by atoms with Gasteiger partial charge in [-0.3, -0.25) is 14.8 Å². The van der Waals surface area contributed by atoms with E-state index in [9.17, 15) is 4.79 Å². The van der Waals surface area contributed by atoms with Gasteiger partial charge in [0.05, 0.1) is 11.6 Å². The molecule has 2 heterocycles. The molecule has 5 nitrogen and oxygen atoms in total. The maximum atomic E-state index is 12.8. The Morgan fingerprint density at radius 3 is 2.82 bits per heavy atom. The normalized spacial score (nSPS) is 17.4. The van der Waals surface area contributed by atoms with Gasteiger partial charge in [-0.1, -0.05) is 35.9 Å². The molecule has 1 atom stereocenters. The van der Waals surface area contributed by atoms with Crippen molar-refractivity contribution < 1.29 is 4.79 Å². The number of carbonyl (C=O) groups is 1. The lowest BCUT2D eigenvalue weighted by molar-refractivity contribution is -0.121. The summed E-state index contributed by atoms with van der Waals surface area (Å²) < 4.78 is 0. The maximum Gasteiger partial charge on any atom is 0.228 e. The fraction of sp³-hybridized carbons (Fsp3) is 0.273. The van der Waals surface area contributed by atoms with Crippen molar-refractivity contribution in [3.05, 3.63) is 71.4 Å². The summed E-state index contributed by atoms with van der Waals surface area (Å²) in [6.07, 6.45) is 3.67. The lowest BCUT2D eigenvalue weighted by Gasteiger charge is -2.32. The molecule has 1 aliphatic rings. The zero-order valence-corrected chi connectivity index (χ0v) is 16.3. The molecule has 6 heteroatoms. The number of benzene rings is 2. The number of H-pyrrole nitrogens is 1. The van der Waals surface area contributed by atoms with Gasteiger partial charge in [-0.25, -0.2) is 0 Å². The summed E-state index contributed by atoms with van der Waals surface area (Å²) in [6, 6.07) is 17.7. The molecule has 0 bridgehead atoms. The predicted octanol–water partition coefficient (Wildman–Crippen LogP) is 4.58. The standard InChI is InChI=1S/C22H23ClN4O/c23-19-5-1-3-16(13-19)14-27-12-2-4-18(15-27)22(28)25-20-8-6-17(7-9-20)21-10-11-24-26-21/h1,3,5-11,13,18H,2,4,12,14-15H2,(H,24,26)(H,25,28). The van der Waals surface area contributed by atoms with E-state index < -0.39 is 0 Å². The van der Waals surface area contributed by atoms with E-state index in [0.29, 0.717) is 0 Å². The Balaban J connectivity index is 1.35. The number of aromatic amines is 1. The molecule has 4 rings (SSSR count). The average Bonchev–Trinajstić information content (AvgIpc) is 3.24. The molecule has 1 amide bonds. The molecule has 2 aromatic carbocycles. The van der Waals surface area contributed by atoms with E-state index >= 15 is 0 Å². The Bertz CT molecular complexity index is 924. The van der Waals surface area contributed by atoms with E-state index in [4.69, 9.17) is 11.6 Å². The number of hydrogen-bond donors (Lipinski definition) is 2. The first-order valence-corrected chi connectivity index (χ1v) is 9.93. The predicted molar refractivity (Wildman–Crippen MR) is 112 cm³/mol. The van der Waals surface area contributed by atoms with Gasteiger partial charge in [0.25, 0.3) is 0 Å². The lowest BCUT2D eigenvalue weighted by atomic mass is 9.96. The number of hydrogen-bond acceptors (Lipinski definition) is 3. The number of amides is 1. The van der Waals surface area contributed by atoms with Crippen LogP contribution >= 0.6 is 11.6 Å². The van der Waals surface area contributed by atoms with E-state index in [1.807, 2.05) is 48.5 Å². The summed E-state index contributed by atoms with van der Waals surface area (Å²) in [7, 11) is 0. The molecule has 144 valence electrons. The molecule has 3 aromatic rings. The fourth-order valence-electron chi connectivity index (χ4n) is 3.70. The summed E-state index contributed by atoms with van der Waals surface area (Å²) in [4.78, 5) is 15.1. The largest absolute Gasteiger partial charge is 0.326 e. The van der Waals surface area contributed by atoms with Crippen molar-refractivity contribution in [2.24, 2.45) is 5.92 Å². The van der Waals surface area contributed by atoms with Crippen LogP contribution in [0.5, 0.6) is 0 Å². The smallest absolute Gasteiger partial charge is 0.228 e. The number of rotatable bonds is 5. The lowest BCUT2D eigenvalue weighted by Crippen LogP contribution is -2.40. The van der Waals surface area contributed by atoms with Crippen molar-refractivity contribution >= 4 is 23.2 Å². The van der Waals surface area contributed by atoms with Crippen LogP contribution in [0, 0.1) is 5.92 Å². The third-order valence-corrected chi connectivity index (χ3v) is 5.37. The molecule has 28 heavy (non-hydrogen) atoms. The van der Waals surface area contributed by atoms with E-state index in [-0.39, 0.29) is 11.8 Å². The van der Waals surface area contributed by atoms with Crippen LogP contribution in [0.2, 0.25) is 5.02 Å². The highest BCUT2D eigenvalue weighted by atomic mass is 35.5. The maximum absolute atomic E-state index is 12.8.